The first-order valence-electron chi connectivity index (χ1n) is 18.6. The quantitative estimate of drug-likeness (QED) is 0.0291. The van der Waals surface area contributed by atoms with E-state index in [1.807, 2.05) is 0 Å². The number of hydrogen-bond acceptors (Lipinski definition) is 8. The predicted octanol–water partition coefficient (Wildman–Crippen LogP) is 9.99. The summed E-state index contributed by atoms with van der Waals surface area (Å²) in [6.07, 6.45) is 37.1. The van der Waals surface area contributed by atoms with Crippen LogP contribution < -0.4 is 5.73 Å². The van der Waals surface area contributed by atoms with Crippen molar-refractivity contribution >= 4 is 19.8 Å². The molecule has 0 aliphatic rings. The first-order chi connectivity index (χ1) is 23.3. The summed E-state index contributed by atoms with van der Waals surface area (Å²) in [5.74, 6) is -0.890. The van der Waals surface area contributed by atoms with Crippen molar-refractivity contribution in [1.29, 1.82) is 0 Å². The summed E-state index contributed by atoms with van der Waals surface area (Å²) in [6, 6.07) is 0. The number of ether oxygens (including phenoxy) is 2. The van der Waals surface area contributed by atoms with Crippen LogP contribution in [0.15, 0.2) is 48.6 Å². The highest BCUT2D eigenvalue weighted by atomic mass is 31.2. The number of nitrogens with two attached hydrogens (primary N) is 1. The third-order valence-corrected chi connectivity index (χ3v) is 8.42. The van der Waals surface area contributed by atoms with Gasteiger partial charge in [-0.2, -0.15) is 0 Å². The molecule has 0 radical (unpaired) electrons. The van der Waals surface area contributed by atoms with Crippen LogP contribution >= 0.6 is 7.82 Å². The Labute approximate surface area is 292 Å². The summed E-state index contributed by atoms with van der Waals surface area (Å²) in [5.41, 5.74) is 5.32. The minimum Gasteiger partial charge on any atom is -0.462 e. The largest absolute Gasteiger partial charge is 0.472 e. The van der Waals surface area contributed by atoms with Crippen LogP contribution in [0.1, 0.15) is 149 Å². The van der Waals surface area contributed by atoms with E-state index < -0.39 is 32.5 Å². The maximum absolute atomic E-state index is 12.5. The van der Waals surface area contributed by atoms with Gasteiger partial charge in [0, 0.05) is 19.4 Å². The molecule has 10 heteroatoms. The van der Waals surface area contributed by atoms with Crippen molar-refractivity contribution in [3.05, 3.63) is 48.6 Å². The fourth-order valence-electron chi connectivity index (χ4n) is 4.63. The third kappa shape index (κ3) is 33.9. The first kappa shape index (κ1) is 46.0. The molecule has 0 saturated heterocycles. The lowest BCUT2D eigenvalue weighted by atomic mass is 10.1. The lowest BCUT2D eigenvalue weighted by molar-refractivity contribution is -0.161. The Morgan fingerprint density at radius 1 is 0.625 bits per heavy atom. The lowest BCUT2D eigenvalue weighted by Gasteiger charge is -2.19. The molecule has 3 N–H and O–H groups in total. The molecule has 0 aromatic rings. The maximum atomic E-state index is 12.5. The standard InChI is InChI=1S/C38H68NO8P/c1-3-5-7-9-11-13-15-17-18-19-21-22-24-26-28-30-37(40)44-34-36(35-46-48(42,43)45-33-32-39)47-38(41)31-29-27-25-23-20-16-14-12-10-8-6-4-2/h11-14,17-18,21-22,36H,3-10,15-16,19-20,23-35,39H2,1-2H3,(H,42,43)/b13-11-,14-12-,18-17-,22-21-/t36-/m1/s1. The molecule has 0 spiro atoms. The van der Waals surface area contributed by atoms with Crippen LogP contribution in [-0.2, 0) is 32.7 Å². The summed E-state index contributed by atoms with van der Waals surface area (Å²) in [4.78, 5) is 34.6. The fraction of sp³-hybridized carbons (Fsp3) is 0.737. The van der Waals surface area contributed by atoms with Crippen molar-refractivity contribution in [1.82, 2.24) is 0 Å². The number of esters is 2. The molecule has 0 aromatic carbocycles. The van der Waals surface area contributed by atoms with Gasteiger partial charge in [-0.15, -0.1) is 0 Å². The van der Waals surface area contributed by atoms with E-state index in [1.54, 1.807) is 0 Å². The van der Waals surface area contributed by atoms with Crippen molar-refractivity contribution < 1.29 is 37.6 Å². The summed E-state index contributed by atoms with van der Waals surface area (Å²) in [5, 5.41) is 0. The molecule has 0 saturated carbocycles. The zero-order chi connectivity index (χ0) is 35.4. The van der Waals surface area contributed by atoms with E-state index in [4.69, 9.17) is 24.3 Å². The SMILES string of the molecule is CCCCC/C=C\C/C=C\C/C=C\CCCCC(=O)OC[C@H](COP(=O)(O)OCCN)OC(=O)CCCCCCC/C=C\CCCCC. The molecule has 1 unspecified atom stereocenters. The zero-order valence-corrected chi connectivity index (χ0v) is 31.1. The van der Waals surface area contributed by atoms with Gasteiger partial charge < -0.3 is 20.1 Å². The second kappa shape index (κ2) is 34.8. The molecule has 0 aliphatic heterocycles. The van der Waals surface area contributed by atoms with E-state index in [0.29, 0.717) is 12.8 Å². The molecule has 0 aliphatic carbocycles. The average Bonchev–Trinajstić information content (AvgIpc) is 3.07. The Morgan fingerprint density at radius 3 is 1.67 bits per heavy atom. The number of phosphoric ester groups is 1. The van der Waals surface area contributed by atoms with Crippen molar-refractivity contribution in [3.63, 3.8) is 0 Å². The van der Waals surface area contributed by atoms with Gasteiger partial charge in [-0.25, -0.2) is 4.57 Å². The molecule has 0 bridgehead atoms. The van der Waals surface area contributed by atoms with Crippen LogP contribution in [0.25, 0.3) is 0 Å². The van der Waals surface area contributed by atoms with Crippen molar-refractivity contribution in [3.8, 4) is 0 Å². The Bertz CT molecular complexity index is 934. The van der Waals surface area contributed by atoms with Gasteiger partial charge in [0.1, 0.15) is 6.61 Å². The van der Waals surface area contributed by atoms with Crippen LogP contribution in [0, 0.1) is 0 Å². The van der Waals surface area contributed by atoms with Crippen molar-refractivity contribution in [2.75, 3.05) is 26.4 Å². The molecular weight excluding hydrogens is 629 g/mol. The van der Waals surface area contributed by atoms with E-state index in [2.05, 4.69) is 62.5 Å². The van der Waals surface area contributed by atoms with Crippen LogP contribution in [0.3, 0.4) is 0 Å². The second-order valence-electron chi connectivity index (χ2n) is 12.1. The Kier molecular flexibility index (Phi) is 33.3. The van der Waals surface area contributed by atoms with Gasteiger partial charge in [0.25, 0.3) is 0 Å². The molecule has 0 fully saturated rings. The van der Waals surface area contributed by atoms with Crippen LogP contribution in [0.2, 0.25) is 0 Å². The topological polar surface area (TPSA) is 134 Å². The highest BCUT2D eigenvalue weighted by Gasteiger charge is 2.25. The number of rotatable bonds is 34. The zero-order valence-electron chi connectivity index (χ0n) is 30.2. The minimum absolute atomic E-state index is 0.0453. The van der Waals surface area contributed by atoms with E-state index in [1.165, 1.54) is 38.5 Å². The normalized spacial score (nSPS) is 14.0. The van der Waals surface area contributed by atoms with E-state index in [9.17, 15) is 19.0 Å². The number of hydrogen-bond donors (Lipinski definition) is 2. The van der Waals surface area contributed by atoms with Crippen LogP contribution in [0.4, 0.5) is 0 Å². The molecule has 0 amide bonds. The highest BCUT2D eigenvalue weighted by Crippen LogP contribution is 2.43. The molecular formula is C38H68NO8P. The fourth-order valence-corrected chi connectivity index (χ4v) is 5.40. The minimum atomic E-state index is -4.38. The number of carbonyl (C=O) groups is 2. The van der Waals surface area contributed by atoms with Gasteiger partial charge in [0.05, 0.1) is 13.2 Å². The summed E-state index contributed by atoms with van der Waals surface area (Å²) >= 11 is 0. The molecule has 0 aromatic heterocycles. The van der Waals surface area contributed by atoms with E-state index in [-0.39, 0.29) is 32.6 Å². The Hall–Kier alpha value is -2.03. The summed E-state index contributed by atoms with van der Waals surface area (Å²) in [7, 11) is -4.38. The first-order valence-corrected chi connectivity index (χ1v) is 20.1. The van der Waals surface area contributed by atoms with Gasteiger partial charge >= 0.3 is 19.8 Å². The van der Waals surface area contributed by atoms with Crippen molar-refractivity contribution in [2.24, 2.45) is 5.73 Å². The number of unbranched alkanes of at least 4 members (excludes halogenated alkanes) is 13. The Morgan fingerprint density at radius 2 is 1.08 bits per heavy atom. The Balaban J connectivity index is 4.33. The van der Waals surface area contributed by atoms with Gasteiger partial charge in [-0.3, -0.25) is 18.6 Å². The van der Waals surface area contributed by atoms with Gasteiger partial charge in [-0.1, -0.05) is 107 Å². The second-order valence-corrected chi connectivity index (χ2v) is 13.5. The monoisotopic (exact) mass is 697 g/mol. The number of carbonyl (C=O) groups excluding carboxylic acids is 2. The highest BCUT2D eigenvalue weighted by molar-refractivity contribution is 7.47. The molecule has 0 heterocycles. The summed E-state index contributed by atoms with van der Waals surface area (Å²) < 4.78 is 32.6. The number of phosphoric acid groups is 1. The molecule has 48 heavy (non-hydrogen) atoms. The van der Waals surface area contributed by atoms with E-state index in [0.717, 1.165) is 70.6 Å². The molecule has 0 rings (SSSR count). The average molecular weight is 698 g/mol. The van der Waals surface area contributed by atoms with E-state index >= 15 is 0 Å². The summed E-state index contributed by atoms with van der Waals surface area (Å²) in [6.45, 7) is 3.59. The van der Waals surface area contributed by atoms with Crippen LogP contribution in [0.5, 0.6) is 0 Å². The van der Waals surface area contributed by atoms with Gasteiger partial charge in [0.15, 0.2) is 6.10 Å². The van der Waals surface area contributed by atoms with Gasteiger partial charge in [0.2, 0.25) is 0 Å². The molecule has 9 nitrogen and oxygen atoms in total. The van der Waals surface area contributed by atoms with Gasteiger partial charge in [-0.05, 0) is 77.0 Å². The lowest BCUT2D eigenvalue weighted by Crippen LogP contribution is -2.29. The third-order valence-electron chi connectivity index (χ3n) is 7.44. The maximum Gasteiger partial charge on any atom is 0.472 e. The molecule has 2 atom stereocenters. The molecule has 278 valence electrons. The van der Waals surface area contributed by atoms with Crippen molar-refractivity contribution in [2.45, 2.75) is 155 Å². The van der Waals surface area contributed by atoms with Crippen LogP contribution in [-0.4, -0.2) is 49.3 Å². The smallest absolute Gasteiger partial charge is 0.462 e. The predicted molar refractivity (Wildman–Crippen MR) is 196 cm³/mol. The number of allylic oxidation sites excluding steroid dienone is 8.